The Labute approximate surface area is 210 Å². The first-order chi connectivity index (χ1) is 16.8. The van der Waals surface area contributed by atoms with Gasteiger partial charge in [-0.15, -0.1) is 0 Å². The van der Waals surface area contributed by atoms with Crippen molar-refractivity contribution < 1.29 is 22.7 Å². The summed E-state index contributed by atoms with van der Waals surface area (Å²) < 4.78 is 39.1. The van der Waals surface area contributed by atoms with Crippen molar-refractivity contribution in [2.75, 3.05) is 20.8 Å². The van der Waals surface area contributed by atoms with E-state index in [1.807, 2.05) is 30.3 Å². The van der Waals surface area contributed by atoms with Crippen molar-refractivity contribution in [3.63, 3.8) is 0 Å². The van der Waals surface area contributed by atoms with Gasteiger partial charge in [0.05, 0.1) is 25.2 Å². The van der Waals surface area contributed by atoms with Crippen LogP contribution in [0.4, 0.5) is 0 Å². The van der Waals surface area contributed by atoms with E-state index in [0.29, 0.717) is 22.9 Å². The Kier molecular flexibility index (Phi) is 7.64. The highest BCUT2D eigenvalue weighted by Gasteiger charge is 2.37. The number of sulfonamides is 1. The number of fused-ring (bicyclic) bond motifs is 1. The smallest absolute Gasteiger partial charge is 0.243 e. The lowest BCUT2D eigenvalue weighted by Crippen LogP contribution is -2.42. The van der Waals surface area contributed by atoms with Crippen LogP contribution in [0.3, 0.4) is 0 Å². The van der Waals surface area contributed by atoms with Crippen LogP contribution in [0.5, 0.6) is 11.5 Å². The van der Waals surface area contributed by atoms with Crippen LogP contribution in [0.15, 0.2) is 71.6 Å². The van der Waals surface area contributed by atoms with Crippen molar-refractivity contribution in [3.05, 3.63) is 88.4 Å². The Hall–Kier alpha value is -3.07. The number of hydrogen-bond donors (Lipinski definition) is 1. The Morgan fingerprint density at radius 2 is 1.80 bits per heavy atom. The number of carbonyl (C=O) groups is 1. The van der Waals surface area contributed by atoms with E-state index >= 15 is 0 Å². The van der Waals surface area contributed by atoms with E-state index < -0.39 is 16.1 Å². The maximum atomic E-state index is 13.5. The van der Waals surface area contributed by atoms with Gasteiger partial charge in [0, 0.05) is 36.2 Å². The van der Waals surface area contributed by atoms with Crippen LogP contribution in [-0.2, 0) is 27.8 Å². The zero-order valence-corrected chi connectivity index (χ0v) is 21.1. The van der Waals surface area contributed by atoms with E-state index in [0.717, 1.165) is 16.7 Å². The number of rotatable bonds is 8. The molecule has 3 aromatic rings. The molecule has 0 saturated heterocycles. The molecule has 1 aliphatic heterocycles. The molecule has 1 atom stereocenters. The molecule has 0 unspecified atom stereocenters. The maximum absolute atomic E-state index is 13.5. The molecule has 3 aromatic carbocycles. The van der Waals surface area contributed by atoms with Crippen molar-refractivity contribution in [1.29, 1.82) is 0 Å². The maximum Gasteiger partial charge on any atom is 0.243 e. The molecular formula is C26H27ClN2O5S. The lowest BCUT2D eigenvalue weighted by molar-refractivity contribution is -0.122. The van der Waals surface area contributed by atoms with Gasteiger partial charge >= 0.3 is 0 Å². The normalized spacial score (nSPS) is 15.8. The Bertz CT molecular complexity index is 1310. The molecule has 1 heterocycles. The molecule has 9 heteroatoms. The van der Waals surface area contributed by atoms with E-state index in [4.69, 9.17) is 21.1 Å². The summed E-state index contributed by atoms with van der Waals surface area (Å²) in [5, 5.41) is 3.37. The number of halogens is 1. The van der Waals surface area contributed by atoms with E-state index in [2.05, 4.69) is 5.32 Å². The van der Waals surface area contributed by atoms with Crippen LogP contribution in [0.25, 0.3) is 0 Å². The van der Waals surface area contributed by atoms with Gasteiger partial charge in [0.1, 0.15) is 11.5 Å². The number of amides is 1. The van der Waals surface area contributed by atoms with Crippen LogP contribution in [-0.4, -0.2) is 39.4 Å². The van der Waals surface area contributed by atoms with Crippen LogP contribution < -0.4 is 14.8 Å². The number of ether oxygens (including phenoxy) is 2. The molecule has 0 radical (unpaired) electrons. The minimum atomic E-state index is -3.84. The third-order valence-electron chi connectivity index (χ3n) is 6.13. The molecule has 1 N–H and O–H groups in total. The largest absolute Gasteiger partial charge is 0.497 e. The molecule has 0 saturated carbocycles. The molecular weight excluding hydrogens is 488 g/mol. The molecule has 7 nitrogen and oxygen atoms in total. The van der Waals surface area contributed by atoms with Gasteiger partial charge in [-0.05, 0) is 53.9 Å². The highest BCUT2D eigenvalue weighted by atomic mass is 35.5. The fourth-order valence-corrected chi connectivity index (χ4v) is 6.04. The van der Waals surface area contributed by atoms with Gasteiger partial charge in [-0.3, -0.25) is 4.79 Å². The Morgan fingerprint density at radius 3 is 2.51 bits per heavy atom. The van der Waals surface area contributed by atoms with Crippen molar-refractivity contribution in [2.45, 2.75) is 30.3 Å². The fourth-order valence-electron chi connectivity index (χ4n) is 4.31. The summed E-state index contributed by atoms with van der Waals surface area (Å²) in [7, 11) is -0.715. The van der Waals surface area contributed by atoms with Crippen LogP contribution in [0.1, 0.15) is 29.2 Å². The fraction of sp³-hybridized carbons (Fsp3) is 0.269. The molecule has 1 amide bonds. The van der Waals surface area contributed by atoms with Gasteiger partial charge in [0.2, 0.25) is 15.9 Å². The van der Waals surface area contributed by atoms with Crippen LogP contribution in [0.2, 0.25) is 5.02 Å². The lowest BCUT2D eigenvalue weighted by Gasteiger charge is -2.36. The third kappa shape index (κ3) is 5.45. The van der Waals surface area contributed by atoms with Crippen LogP contribution in [0, 0.1) is 0 Å². The molecule has 0 spiro atoms. The van der Waals surface area contributed by atoms with Crippen molar-refractivity contribution in [3.8, 4) is 11.5 Å². The highest BCUT2D eigenvalue weighted by Crippen LogP contribution is 2.36. The first-order valence-electron chi connectivity index (χ1n) is 11.2. The van der Waals surface area contributed by atoms with Crippen LogP contribution >= 0.6 is 11.6 Å². The summed E-state index contributed by atoms with van der Waals surface area (Å²) in [4.78, 5) is 13.2. The number of benzene rings is 3. The number of carbonyl (C=O) groups excluding carboxylic acids is 1. The summed E-state index contributed by atoms with van der Waals surface area (Å²) in [5.41, 5.74) is 2.68. The van der Waals surface area contributed by atoms with Gasteiger partial charge in [-0.25, -0.2) is 8.42 Å². The highest BCUT2D eigenvalue weighted by molar-refractivity contribution is 7.89. The summed E-state index contributed by atoms with van der Waals surface area (Å²) >= 11 is 5.96. The summed E-state index contributed by atoms with van der Waals surface area (Å²) in [6, 6.07) is 18.5. The molecule has 0 fully saturated rings. The average molecular weight is 515 g/mol. The molecule has 0 aromatic heterocycles. The zero-order valence-electron chi connectivity index (χ0n) is 19.5. The Morgan fingerprint density at radius 1 is 1.06 bits per heavy atom. The number of nitrogens with one attached hydrogen (secondary N) is 1. The minimum absolute atomic E-state index is 0.0116. The first-order valence-corrected chi connectivity index (χ1v) is 13.0. The zero-order chi connectivity index (χ0) is 25.0. The lowest BCUT2D eigenvalue weighted by atomic mass is 9.92. The third-order valence-corrected chi connectivity index (χ3v) is 8.31. The second kappa shape index (κ2) is 10.7. The predicted octanol–water partition coefficient (Wildman–Crippen LogP) is 4.35. The SMILES string of the molecule is COc1ccc(CNC(=O)C[C@H]2c3ccccc3CCN2S(=O)(=O)c2ccc(Cl)cc2)c(OC)c1. The average Bonchev–Trinajstić information content (AvgIpc) is 2.87. The van der Waals surface area contributed by atoms with Crippen molar-refractivity contribution >= 4 is 27.5 Å². The predicted molar refractivity (Wildman–Crippen MR) is 134 cm³/mol. The van der Waals surface area contributed by atoms with E-state index in [-0.39, 0.29) is 30.3 Å². The van der Waals surface area contributed by atoms with Gasteiger partial charge < -0.3 is 14.8 Å². The molecule has 0 bridgehead atoms. The summed E-state index contributed by atoms with van der Waals surface area (Å²) in [6.45, 7) is 0.524. The van der Waals surface area contributed by atoms with E-state index in [9.17, 15) is 13.2 Å². The van der Waals surface area contributed by atoms with E-state index in [1.54, 1.807) is 38.5 Å². The first kappa shape index (κ1) is 25.0. The van der Waals surface area contributed by atoms with E-state index in [1.165, 1.54) is 16.4 Å². The summed E-state index contributed by atoms with van der Waals surface area (Å²) in [5.74, 6) is 0.985. The minimum Gasteiger partial charge on any atom is -0.497 e. The molecule has 1 aliphatic rings. The molecule has 0 aliphatic carbocycles. The van der Waals surface area contributed by atoms with Gasteiger partial charge in [-0.2, -0.15) is 4.31 Å². The van der Waals surface area contributed by atoms with Gasteiger partial charge in [-0.1, -0.05) is 35.9 Å². The topological polar surface area (TPSA) is 84.9 Å². The van der Waals surface area contributed by atoms with Crippen molar-refractivity contribution in [1.82, 2.24) is 9.62 Å². The number of nitrogens with zero attached hydrogens (tertiary/aromatic N) is 1. The molecule has 4 rings (SSSR count). The molecule has 184 valence electrons. The van der Waals surface area contributed by atoms with Gasteiger partial charge in [0.15, 0.2) is 0 Å². The number of hydrogen-bond acceptors (Lipinski definition) is 5. The Balaban J connectivity index is 1.57. The second-order valence-corrected chi connectivity index (χ2v) is 10.5. The van der Waals surface area contributed by atoms with Crippen molar-refractivity contribution in [2.24, 2.45) is 0 Å². The number of methoxy groups -OCH3 is 2. The quantitative estimate of drug-likeness (QED) is 0.483. The monoisotopic (exact) mass is 514 g/mol. The molecule has 35 heavy (non-hydrogen) atoms. The standard InChI is InChI=1S/C26H27ClN2O5S/c1-33-21-10-7-19(25(15-21)34-2)17-28-26(30)16-24-23-6-4-3-5-18(23)13-14-29(24)35(31,32)22-11-8-20(27)9-12-22/h3-12,15,24H,13-14,16-17H2,1-2H3,(H,28,30)/t24-/m0/s1. The van der Waals surface area contributed by atoms with Gasteiger partial charge in [0.25, 0.3) is 0 Å². The summed E-state index contributed by atoms with van der Waals surface area (Å²) in [6.07, 6.45) is 0.562. The second-order valence-electron chi connectivity index (χ2n) is 8.19.